The molecule has 0 fully saturated rings. The van der Waals surface area contributed by atoms with Crippen molar-refractivity contribution >= 4 is 23.5 Å². The van der Waals surface area contributed by atoms with Crippen molar-refractivity contribution in [3.05, 3.63) is 5.28 Å². The number of nitrogens with two attached hydrogens (primary N) is 1. The number of aliphatic hydroxyl groups is 1. The molecule has 0 aliphatic rings. The first-order valence-corrected chi connectivity index (χ1v) is 5.44. The van der Waals surface area contributed by atoms with Crippen molar-refractivity contribution < 1.29 is 5.11 Å². The fourth-order valence-corrected chi connectivity index (χ4v) is 1.62. The van der Waals surface area contributed by atoms with Crippen LogP contribution in [0.3, 0.4) is 0 Å². The van der Waals surface area contributed by atoms with Crippen LogP contribution in [0.4, 0.5) is 11.9 Å². The lowest BCUT2D eigenvalue weighted by molar-refractivity contribution is 0.0458. The first-order valence-electron chi connectivity index (χ1n) is 5.06. The molecule has 1 atom stereocenters. The van der Waals surface area contributed by atoms with Crippen molar-refractivity contribution in [1.82, 2.24) is 19.9 Å². The number of rotatable bonds is 5. The highest BCUT2D eigenvalue weighted by Crippen LogP contribution is 2.09. The van der Waals surface area contributed by atoms with Crippen LogP contribution in [0.15, 0.2) is 0 Å². The number of nitrogens with zero attached hydrogens (tertiary/aromatic N) is 4. The smallest absolute Gasteiger partial charge is 0.228 e. The van der Waals surface area contributed by atoms with Gasteiger partial charge >= 0.3 is 0 Å². The predicted octanol–water partition coefficient (Wildman–Crippen LogP) is -0.168. The molecule has 0 saturated carbocycles. The molecule has 1 unspecified atom stereocenters. The minimum Gasteiger partial charge on any atom is -0.387 e. The standard InChI is InChI=1S/C9H17ClN6O/c1-9(17,5-16(2)3)4-12-8-14-6(10)13-7(11)15-8/h17H,4-5H2,1-3H3,(H3,11,12,13,14,15). The Bertz CT molecular complexity index is 363. The highest BCUT2D eigenvalue weighted by Gasteiger charge is 2.21. The van der Waals surface area contributed by atoms with Gasteiger partial charge < -0.3 is 21.1 Å². The van der Waals surface area contributed by atoms with E-state index in [1.807, 2.05) is 19.0 Å². The lowest BCUT2D eigenvalue weighted by Crippen LogP contribution is -2.43. The molecule has 0 spiro atoms. The molecule has 1 aromatic rings. The number of anilines is 2. The zero-order chi connectivity index (χ0) is 13.1. The summed E-state index contributed by atoms with van der Waals surface area (Å²) < 4.78 is 0. The van der Waals surface area contributed by atoms with E-state index in [1.165, 1.54) is 0 Å². The van der Waals surface area contributed by atoms with Gasteiger partial charge in [-0.05, 0) is 32.6 Å². The number of hydrogen-bond donors (Lipinski definition) is 3. The van der Waals surface area contributed by atoms with Crippen LogP contribution in [-0.4, -0.2) is 57.7 Å². The Hall–Kier alpha value is -1.18. The van der Waals surface area contributed by atoms with E-state index in [4.69, 9.17) is 17.3 Å². The summed E-state index contributed by atoms with van der Waals surface area (Å²) in [5.41, 5.74) is 4.52. The first-order chi connectivity index (χ1) is 7.78. The summed E-state index contributed by atoms with van der Waals surface area (Å²) in [5.74, 6) is 0.293. The second-order valence-electron chi connectivity index (χ2n) is 4.37. The summed E-state index contributed by atoms with van der Waals surface area (Å²) in [4.78, 5) is 13.2. The van der Waals surface area contributed by atoms with E-state index in [9.17, 15) is 5.11 Å². The fourth-order valence-electron chi connectivity index (χ4n) is 1.45. The van der Waals surface area contributed by atoms with Crippen molar-refractivity contribution in [3.63, 3.8) is 0 Å². The van der Waals surface area contributed by atoms with Gasteiger partial charge in [0.05, 0.1) is 5.60 Å². The average molecular weight is 261 g/mol. The van der Waals surface area contributed by atoms with Crippen molar-refractivity contribution in [2.75, 3.05) is 38.2 Å². The van der Waals surface area contributed by atoms with Gasteiger partial charge in [-0.25, -0.2) is 0 Å². The highest BCUT2D eigenvalue weighted by molar-refractivity contribution is 6.28. The fraction of sp³-hybridized carbons (Fsp3) is 0.667. The van der Waals surface area contributed by atoms with Crippen LogP contribution in [0.1, 0.15) is 6.92 Å². The Morgan fingerprint density at radius 1 is 1.41 bits per heavy atom. The third kappa shape index (κ3) is 5.12. The van der Waals surface area contributed by atoms with Crippen molar-refractivity contribution in [2.24, 2.45) is 0 Å². The molecule has 0 saturated heterocycles. The molecular weight excluding hydrogens is 244 g/mol. The Morgan fingerprint density at radius 2 is 2.06 bits per heavy atom. The molecule has 0 radical (unpaired) electrons. The van der Waals surface area contributed by atoms with Gasteiger partial charge in [0.2, 0.25) is 17.2 Å². The van der Waals surface area contributed by atoms with E-state index in [0.717, 1.165) is 0 Å². The quantitative estimate of drug-likeness (QED) is 0.676. The maximum atomic E-state index is 10.0. The molecule has 1 aromatic heterocycles. The highest BCUT2D eigenvalue weighted by atomic mass is 35.5. The van der Waals surface area contributed by atoms with Crippen LogP contribution < -0.4 is 11.1 Å². The first kappa shape index (κ1) is 13.9. The molecule has 0 bridgehead atoms. The number of hydrogen-bond acceptors (Lipinski definition) is 7. The van der Waals surface area contributed by atoms with Crippen molar-refractivity contribution in [3.8, 4) is 0 Å². The molecule has 7 nitrogen and oxygen atoms in total. The molecule has 8 heteroatoms. The zero-order valence-electron chi connectivity index (χ0n) is 10.1. The Morgan fingerprint density at radius 3 is 2.59 bits per heavy atom. The second-order valence-corrected chi connectivity index (χ2v) is 4.71. The monoisotopic (exact) mass is 260 g/mol. The van der Waals surface area contributed by atoms with E-state index < -0.39 is 5.60 Å². The van der Waals surface area contributed by atoms with Crippen LogP contribution in [0, 0.1) is 0 Å². The minimum absolute atomic E-state index is 0.0206. The summed E-state index contributed by atoms with van der Waals surface area (Å²) in [5, 5.41) is 12.9. The molecule has 0 aromatic carbocycles. The SMILES string of the molecule is CN(C)CC(C)(O)CNc1nc(N)nc(Cl)n1. The molecule has 96 valence electrons. The number of nitrogens with one attached hydrogen (secondary N) is 1. The van der Waals surface area contributed by atoms with Gasteiger partial charge in [0.1, 0.15) is 0 Å². The number of halogens is 1. The van der Waals surface area contributed by atoms with Gasteiger partial charge in [0, 0.05) is 13.1 Å². The molecular formula is C9H17ClN6O. The summed E-state index contributed by atoms with van der Waals surface area (Å²) in [6.07, 6.45) is 0. The third-order valence-corrected chi connectivity index (χ3v) is 2.08. The maximum absolute atomic E-state index is 10.0. The Balaban J connectivity index is 2.60. The molecule has 0 amide bonds. The van der Waals surface area contributed by atoms with Crippen molar-refractivity contribution in [2.45, 2.75) is 12.5 Å². The summed E-state index contributed by atoms with van der Waals surface area (Å²) in [7, 11) is 3.76. The van der Waals surface area contributed by atoms with Crippen LogP contribution in [0.25, 0.3) is 0 Å². The molecule has 0 aliphatic carbocycles. The normalized spacial score (nSPS) is 14.7. The zero-order valence-corrected chi connectivity index (χ0v) is 10.9. The van der Waals surface area contributed by atoms with Gasteiger partial charge in [-0.2, -0.15) is 15.0 Å². The summed E-state index contributed by atoms with van der Waals surface area (Å²) >= 11 is 5.63. The van der Waals surface area contributed by atoms with E-state index in [1.54, 1.807) is 6.92 Å². The maximum Gasteiger partial charge on any atom is 0.228 e. The van der Waals surface area contributed by atoms with E-state index in [2.05, 4.69) is 20.3 Å². The second kappa shape index (κ2) is 5.44. The van der Waals surface area contributed by atoms with Gasteiger partial charge in [-0.3, -0.25) is 0 Å². The van der Waals surface area contributed by atoms with Crippen LogP contribution in [-0.2, 0) is 0 Å². The van der Waals surface area contributed by atoms with Crippen LogP contribution in [0.5, 0.6) is 0 Å². The molecule has 1 rings (SSSR count). The lowest BCUT2D eigenvalue weighted by Gasteiger charge is -2.27. The molecule has 17 heavy (non-hydrogen) atoms. The van der Waals surface area contributed by atoms with E-state index in [0.29, 0.717) is 6.54 Å². The summed E-state index contributed by atoms with van der Waals surface area (Å²) in [6, 6.07) is 0. The predicted molar refractivity (Wildman–Crippen MR) is 66.9 cm³/mol. The molecule has 1 heterocycles. The minimum atomic E-state index is -0.905. The number of likely N-dealkylation sites (N-methyl/N-ethyl adjacent to an activating group) is 1. The summed E-state index contributed by atoms with van der Waals surface area (Å²) in [6.45, 7) is 2.51. The van der Waals surface area contributed by atoms with Gasteiger partial charge in [0.15, 0.2) is 0 Å². The van der Waals surface area contributed by atoms with E-state index in [-0.39, 0.29) is 23.7 Å². The van der Waals surface area contributed by atoms with Gasteiger partial charge in [-0.15, -0.1) is 0 Å². The lowest BCUT2D eigenvalue weighted by atomic mass is 10.1. The van der Waals surface area contributed by atoms with Crippen LogP contribution in [0.2, 0.25) is 5.28 Å². The topological polar surface area (TPSA) is 100 Å². The largest absolute Gasteiger partial charge is 0.387 e. The Labute approximate surface area is 105 Å². The van der Waals surface area contributed by atoms with Crippen LogP contribution >= 0.6 is 11.6 Å². The third-order valence-electron chi connectivity index (χ3n) is 1.91. The number of nitrogen functional groups attached to an aromatic ring is 1. The van der Waals surface area contributed by atoms with E-state index >= 15 is 0 Å². The van der Waals surface area contributed by atoms with Gasteiger partial charge in [0.25, 0.3) is 0 Å². The molecule has 4 N–H and O–H groups in total. The molecule has 0 aliphatic heterocycles. The van der Waals surface area contributed by atoms with Crippen molar-refractivity contribution in [1.29, 1.82) is 0 Å². The Kier molecular flexibility index (Phi) is 4.44. The number of aromatic nitrogens is 3. The average Bonchev–Trinajstić information content (AvgIpc) is 2.11. The van der Waals surface area contributed by atoms with Gasteiger partial charge in [-0.1, -0.05) is 0 Å².